The molecule has 0 fully saturated rings. The minimum atomic E-state index is -0.391. The van der Waals surface area contributed by atoms with Gasteiger partial charge in [0, 0.05) is 17.5 Å². The molecule has 34 heavy (non-hydrogen) atoms. The molecule has 4 nitrogen and oxygen atoms in total. The quantitative estimate of drug-likeness (QED) is 0.342. The van der Waals surface area contributed by atoms with Gasteiger partial charge in [0.25, 0.3) is 0 Å². The Hall–Kier alpha value is -4.12. The van der Waals surface area contributed by atoms with Gasteiger partial charge >= 0.3 is 0 Å². The van der Waals surface area contributed by atoms with Crippen LogP contribution in [0.4, 0.5) is 4.39 Å². The molecule has 5 heteroatoms. The Labute approximate surface area is 197 Å². The molecule has 168 valence electrons. The Morgan fingerprint density at radius 1 is 0.882 bits per heavy atom. The first-order valence-corrected chi connectivity index (χ1v) is 11.4. The number of fused-ring (bicyclic) bond motifs is 3. The Kier molecular flexibility index (Phi) is 5.22. The molecule has 2 unspecified atom stereocenters. The number of hydrogen-bond donors (Lipinski definition) is 0. The van der Waals surface area contributed by atoms with Crippen LogP contribution in [0.15, 0.2) is 108 Å². The van der Waals surface area contributed by atoms with Crippen molar-refractivity contribution in [3.05, 3.63) is 131 Å². The van der Waals surface area contributed by atoms with Crippen molar-refractivity contribution in [2.75, 3.05) is 0 Å². The first kappa shape index (κ1) is 20.5. The smallest absolute Gasteiger partial charge is 0.214 e. The maximum Gasteiger partial charge on any atom is 0.214 e. The lowest BCUT2D eigenvalue weighted by Crippen LogP contribution is -2.33. The fourth-order valence-electron chi connectivity index (χ4n) is 4.57. The molecule has 0 saturated carbocycles. The normalized spacial score (nSPS) is 18.5. The first-order valence-electron chi connectivity index (χ1n) is 11.4. The van der Waals surface area contributed by atoms with E-state index in [2.05, 4.69) is 6.07 Å². The van der Waals surface area contributed by atoms with Crippen LogP contribution >= 0.6 is 0 Å². The van der Waals surface area contributed by atoms with Crippen LogP contribution in [0, 0.1) is 5.82 Å². The van der Waals surface area contributed by atoms with Gasteiger partial charge in [-0.3, -0.25) is 0 Å². The van der Waals surface area contributed by atoms with E-state index in [-0.39, 0.29) is 11.9 Å². The second kappa shape index (κ2) is 8.67. The topological polar surface area (TPSA) is 34.1 Å². The van der Waals surface area contributed by atoms with Crippen LogP contribution < -0.4 is 9.47 Å². The van der Waals surface area contributed by atoms with E-state index in [4.69, 9.17) is 14.6 Å². The Balaban J connectivity index is 1.32. The highest BCUT2D eigenvalue weighted by Gasteiger charge is 2.40. The van der Waals surface area contributed by atoms with Crippen LogP contribution in [0.2, 0.25) is 0 Å². The van der Waals surface area contributed by atoms with Gasteiger partial charge < -0.3 is 9.47 Å². The van der Waals surface area contributed by atoms with Crippen molar-refractivity contribution in [1.29, 1.82) is 0 Å². The molecule has 0 bridgehead atoms. The van der Waals surface area contributed by atoms with Gasteiger partial charge in [-0.05, 0) is 41.5 Å². The number of rotatable bonds is 5. The summed E-state index contributed by atoms with van der Waals surface area (Å²) in [5, 5.41) is 6.98. The molecule has 2 heterocycles. The van der Waals surface area contributed by atoms with E-state index in [1.807, 2.05) is 77.8 Å². The van der Waals surface area contributed by atoms with Crippen molar-refractivity contribution in [1.82, 2.24) is 5.01 Å². The van der Waals surface area contributed by atoms with Crippen LogP contribution in [-0.4, -0.2) is 10.7 Å². The Bertz CT molecular complexity index is 1340. The van der Waals surface area contributed by atoms with Gasteiger partial charge in [-0.15, -0.1) is 0 Å². The predicted molar refractivity (Wildman–Crippen MR) is 129 cm³/mol. The van der Waals surface area contributed by atoms with Crippen molar-refractivity contribution in [2.45, 2.75) is 25.3 Å². The third kappa shape index (κ3) is 3.90. The summed E-state index contributed by atoms with van der Waals surface area (Å²) in [6.07, 6.45) is 0.338. The van der Waals surface area contributed by atoms with Gasteiger partial charge in [0.15, 0.2) is 0 Å². The van der Waals surface area contributed by atoms with Gasteiger partial charge in [0.1, 0.15) is 23.9 Å². The molecule has 4 aromatic rings. The fraction of sp³-hybridized carbons (Fsp3) is 0.138. The third-order valence-corrected chi connectivity index (χ3v) is 6.27. The Morgan fingerprint density at radius 3 is 2.53 bits per heavy atom. The molecule has 6 rings (SSSR count). The average molecular weight is 451 g/mol. The number of benzene rings is 4. The van der Waals surface area contributed by atoms with Crippen LogP contribution in [0.25, 0.3) is 0 Å². The molecule has 2 aliphatic rings. The molecule has 0 saturated heterocycles. The molecular formula is C29H23FN2O2. The predicted octanol–water partition coefficient (Wildman–Crippen LogP) is 6.65. The summed E-state index contributed by atoms with van der Waals surface area (Å²) < 4.78 is 26.0. The van der Waals surface area contributed by atoms with E-state index in [1.54, 1.807) is 12.1 Å². The lowest BCUT2D eigenvalue weighted by Gasteiger charge is -2.38. The third-order valence-electron chi connectivity index (χ3n) is 6.27. The zero-order chi connectivity index (χ0) is 22.9. The summed E-state index contributed by atoms with van der Waals surface area (Å²) in [6, 6.07) is 32.8. The van der Waals surface area contributed by atoms with Crippen LogP contribution in [0.5, 0.6) is 11.5 Å². The summed E-state index contributed by atoms with van der Waals surface area (Å²) in [4.78, 5) is 0. The number of ether oxygens (including phenoxy) is 2. The van der Waals surface area contributed by atoms with E-state index in [1.165, 1.54) is 12.1 Å². The molecule has 0 N–H and O–H groups in total. The molecule has 0 aromatic heterocycles. The van der Waals surface area contributed by atoms with E-state index < -0.39 is 6.23 Å². The van der Waals surface area contributed by atoms with Gasteiger partial charge in [-0.1, -0.05) is 72.8 Å². The number of hydrogen-bond acceptors (Lipinski definition) is 4. The van der Waals surface area contributed by atoms with E-state index in [0.29, 0.717) is 6.61 Å². The molecule has 0 radical (unpaired) electrons. The summed E-state index contributed by atoms with van der Waals surface area (Å²) >= 11 is 0. The van der Waals surface area contributed by atoms with Gasteiger partial charge in [-0.2, -0.15) is 5.10 Å². The van der Waals surface area contributed by atoms with E-state index in [9.17, 15) is 4.39 Å². The number of para-hydroxylation sites is 1. The highest BCUT2D eigenvalue weighted by Crippen LogP contribution is 2.47. The lowest BCUT2D eigenvalue weighted by atomic mass is 9.96. The largest absolute Gasteiger partial charge is 0.489 e. The number of nitrogens with zero attached hydrogens (tertiary/aromatic N) is 2. The average Bonchev–Trinajstić information content (AvgIpc) is 3.34. The van der Waals surface area contributed by atoms with Crippen molar-refractivity contribution in [3.63, 3.8) is 0 Å². The standard InChI is InChI=1S/C29H23FN2O2/c30-23-15-13-21(14-16-23)26-18-27-25-11-4-5-12-28(25)34-29(32(27)31-26)22-9-6-10-24(17-22)33-19-20-7-2-1-3-8-20/h1-17,27,29H,18-19H2. The highest BCUT2D eigenvalue weighted by atomic mass is 19.1. The van der Waals surface area contributed by atoms with Crippen molar-refractivity contribution >= 4 is 5.71 Å². The van der Waals surface area contributed by atoms with Crippen LogP contribution in [0.1, 0.15) is 40.9 Å². The second-order valence-corrected chi connectivity index (χ2v) is 8.51. The maximum absolute atomic E-state index is 13.5. The SMILES string of the molecule is Fc1ccc(C2=NN3C(C2)c2ccccc2OC3c2cccc(OCc3ccccc3)c2)cc1. The van der Waals surface area contributed by atoms with Crippen LogP contribution in [0.3, 0.4) is 0 Å². The molecule has 0 amide bonds. The van der Waals surface area contributed by atoms with Crippen molar-refractivity contribution in [2.24, 2.45) is 5.10 Å². The molecule has 0 aliphatic carbocycles. The fourth-order valence-corrected chi connectivity index (χ4v) is 4.57. The van der Waals surface area contributed by atoms with Crippen molar-refractivity contribution < 1.29 is 13.9 Å². The molecule has 2 aliphatic heterocycles. The molecular weight excluding hydrogens is 427 g/mol. The van der Waals surface area contributed by atoms with Gasteiger partial charge in [0.2, 0.25) is 6.23 Å². The Morgan fingerprint density at radius 2 is 1.68 bits per heavy atom. The maximum atomic E-state index is 13.5. The summed E-state index contributed by atoms with van der Waals surface area (Å²) in [6.45, 7) is 0.498. The summed E-state index contributed by atoms with van der Waals surface area (Å²) in [7, 11) is 0. The van der Waals surface area contributed by atoms with E-state index in [0.717, 1.165) is 45.9 Å². The van der Waals surface area contributed by atoms with E-state index >= 15 is 0 Å². The second-order valence-electron chi connectivity index (χ2n) is 8.51. The molecule has 4 aromatic carbocycles. The first-order chi connectivity index (χ1) is 16.7. The van der Waals surface area contributed by atoms with Crippen molar-refractivity contribution in [3.8, 4) is 11.5 Å². The number of halogens is 1. The molecule has 0 spiro atoms. The zero-order valence-electron chi connectivity index (χ0n) is 18.5. The highest BCUT2D eigenvalue weighted by molar-refractivity contribution is 6.01. The number of hydrazone groups is 1. The minimum Gasteiger partial charge on any atom is -0.489 e. The zero-order valence-corrected chi connectivity index (χ0v) is 18.5. The monoisotopic (exact) mass is 450 g/mol. The minimum absolute atomic E-state index is 0.0453. The van der Waals surface area contributed by atoms with Gasteiger partial charge in [0.05, 0.1) is 11.8 Å². The lowest BCUT2D eigenvalue weighted by molar-refractivity contribution is -0.0191. The molecule has 2 atom stereocenters. The summed E-state index contributed by atoms with van der Waals surface area (Å²) in [5.41, 5.74) is 5.04. The van der Waals surface area contributed by atoms with Gasteiger partial charge in [-0.25, -0.2) is 9.40 Å². The summed E-state index contributed by atoms with van der Waals surface area (Å²) in [5.74, 6) is 1.39. The van der Waals surface area contributed by atoms with Crippen LogP contribution in [-0.2, 0) is 6.61 Å².